The van der Waals surface area contributed by atoms with Gasteiger partial charge in [-0.2, -0.15) is 9.67 Å². The number of nitrogens with zero attached hydrogens (tertiary/aromatic N) is 5. The first-order valence-electron chi connectivity index (χ1n) is 5.40. The van der Waals surface area contributed by atoms with Gasteiger partial charge >= 0.3 is 0 Å². The lowest BCUT2D eigenvalue weighted by Gasteiger charge is -1.97. The molecule has 0 radical (unpaired) electrons. The van der Waals surface area contributed by atoms with Gasteiger partial charge in [0.1, 0.15) is 0 Å². The fourth-order valence-corrected chi connectivity index (χ4v) is 1.95. The minimum Gasteiger partial charge on any atom is -0.220 e. The highest BCUT2D eigenvalue weighted by Crippen LogP contribution is 2.22. The number of aromatic nitrogens is 5. The molecule has 0 bridgehead atoms. The Labute approximate surface area is 118 Å². The predicted octanol–water partition coefficient (Wildman–Crippen LogP) is 3.03. The molecule has 0 N–H and O–H groups in total. The number of benzene rings is 1. The first-order valence-corrected chi connectivity index (χ1v) is 6.15. The van der Waals surface area contributed by atoms with Crippen LogP contribution in [0.25, 0.3) is 17.3 Å². The summed E-state index contributed by atoms with van der Waals surface area (Å²) < 4.78 is 1.37. The Morgan fingerprint density at radius 3 is 2.53 bits per heavy atom. The molecule has 0 amide bonds. The monoisotopic (exact) mass is 291 g/mol. The fraction of sp³-hybridized carbons (Fsp3) is 0. The average molecular weight is 292 g/mol. The molecule has 0 saturated heterocycles. The van der Waals surface area contributed by atoms with E-state index in [9.17, 15) is 0 Å². The third kappa shape index (κ3) is 2.43. The molecular formula is C12H7Cl2N5. The second-order valence-corrected chi connectivity index (χ2v) is 4.45. The van der Waals surface area contributed by atoms with Crippen LogP contribution in [0.3, 0.4) is 0 Å². The zero-order chi connectivity index (χ0) is 13.2. The van der Waals surface area contributed by atoms with Crippen molar-refractivity contribution in [2.75, 3.05) is 0 Å². The molecule has 0 spiro atoms. The Bertz CT molecular complexity index is 711. The van der Waals surface area contributed by atoms with Crippen molar-refractivity contribution in [2.24, 2.45) is 0 Å². The van der Waals surface area contributed by atoms with Crippen molar-refractivity contribution in [1.82, 2.24) is 24.7 Å². The Hall–Kier alpha value is -1.98. The van der Waals surface area contributed by atoms with Crippen molar-refractivity contribution < 1.29 is 0 Å². The maximum absolute atomic E-state index is 6.05. The predicted molar refractivity (Wildman–Crippen MR) is 72.4 cm³/mol. The molecule has 7 heteroatoms. The summed E-state index contributed by atoms with van der Waals surface area (Å²) in [5, 5.41) is 5.09. The number of halogens is 2. The Morgan fingerprint density at radius 1 is 1.00 bits per heavy atom. The number of rotatable bonds is 2. The maximum Gasteiger partial charge on any atom is 0.253 e. The number of hydrogen-bond donors (Lipinski definition) is 0. The van der Waals surface area contributed by atoms with Crippen molar-refractivity contribution in [3.63, 3.8) is 0 Å². The molecule has 3 aromatic rings. The quantitative estimate of drug-likeness (QED) is 0.728. The second kappa shape index (κ2) is 4.95. The summed E-state index contributed by atoms with van der Waals surface area (Å²) in [4.78, 5) is 12.3. The van der Waals surface area contributed by atoms with Gasteiger partial charge in [0.25, 0.3) is 5.95 Å². The molecule has 94 valence electrons. The molecule has 2 aromatic heterocycles. The van der Waals surface area contributed by atoms with Crippen molar-refractivity contribution in [3.8, 4) is 17.3 Å². The lowest BCUT2D eigenvalue weighted by Crippen LogP contribution is -2.02. The topological polar surface area (TPSA) is 56.5 Å². The summed E-state index contributed by atoms with van der Waals surface area (Å²) >= 11 is 12.0. The van der Waals surface area contributed by atoms with Crippen molar-refractivity contribution in [1.29, 1.82) is 0 Å². The first-order chi connectivity index (χ1) is 9.24. The van der Waals surface area contributed by atoms with Gasteiger partial charge in [0, 0.05) is 23.0 Å². The lowest BCUT2D eigenvalue weighted by molar-refractivity contribution is 0.809. The van der Waals surface area contributed by atoms with Crippen LogP contribution in [0.2, 0.25) is 10.3 Å². The van der Waals surface area contributed by atoms with Crippen molar-refractivity contribution in [2.45, 2.75) is 0 Å². The van der Waals surface area contributed by atoms with Gasteiger partial charge in [-0.25, -0.2) is 9.97 Å². The summed E-state index contributed by atoms with van der Waals surface area (Å²) in [5.74, 6) is 0.841. The molecule has 3 rings (SSSR count). The van der Waals surface area contributed by atoms with E-state index in [1.807, 2.05) is 12.1 Å². The van der Waals surface area contributed by atoms with Gasteiger partial charge in [0.15, 0.2) is 5.82 Å². The highest BCUT2D eigenvalue weighted by molar-refractivity contribution is 6.31. The molecule has 0 unspecified atom stereocenters. The molecule has 5 nitrogen and oxygen atoms in total. The summed E-state index contributed by atoms with van der Waals surface area (Å²) in [6.45, 7) is 0. The van der Waals surface area contributed by atoms with Gasteiger partial charge in [-0.1, -0.05) is 23.7 Å². The minimum atomic E-state index is 0.196. The smallest absolute Gasteiger partial charge is 0.220 e. The molecule has 0 fully saturated rings. The van der Waals surface area contributed by atoms with Crippen molar-refractivity contribution in [3.05, 3.63) is 53.0 Å². The zero-order valence-corrected chi connectivity index (χ0v) is 11.0. The standard InChI is InChI=1S/C12H7Cl2N5/c13-9-4-1-3-8(7-9)10-17-11(14)19(18-10)12-15-5-2-6-16-12/h1-7H. The van der Waals surface area contributed by atoms with E-state index in [2.05, 4.69) is 20.1 Å². The molecule has 0 atom stereocenters. The SMILES string of the molecule is Clc1cccc(-c2nc(Cl)n(-c3ncccn3)n2)c1. The molecule has 2 heterocycles. The largest absolute Gasteiger partial charge is 0.253 e. The van der Waals surface area contributed by atoms with Crippen LogP contribution in [0.5, 0.6) is 0 Å². The highest BCUT2D eigenvalue weighted by atomic mass is 35.5. The van der Waals surface area contributed by atoms with Gasteiger partial charge in [0.2, 0.25) is 5.28 Å². The van der Waals surface area contributed by atoms with E-state index in [0.717, 1.165) is 5.56 Å². The van der Waals surface area contributed by atoms with Crippen LogP contribution < -0.4 is 0 Å². The summed E-state index contributed by atoms with van der Waals surface area (Å²) in [6, 6.07) is 8.94. The van der Waals surface area contributed by atoms with E-state index in [-0.39, 0.29) is 5.28 Å². The Morgan fingerprint density at radius 2 is 1.79 bits per heavy atom. The Kier molecular flexibility index (Phi) is 3.15. The summed E-state index contributed by atoms with van der Waals surface area (Å²) in [6.07, 6.45) is 3.22. The van der Waals surface area contributed by atoms with Crippen LogP contribution in [0.4, 0.5) is 0 Å². The minimum absolute atomic E-state index is 0.196. The maximum atomic E-state index is 6.05. The molecule has 1 aromatic carbocycles. The third-order valence-corrected chi connectivity index (χ3v) is 2.87. The van der Waals surface area contributed by atoms with Crippen molar-refractivity contribution >= 4 is 23.2 Å². The lowest BCUT2D eigenvalue weighted by atomic mass is 10.2. The molecular weight excluding hydrogens is 285 g/mol. The molecule has 0 saturated carbocycles. The Balaban J connectivity index is 2.07. The van der Waals surface area contributed by atoms with Crippen LogP contribution in [-0.4, -0.2) is 24.7 Å². The van der Waals surface area contributed by atoms with E-state index < -0.39 is 0 Å². The van der Waals surface area contributed by atoms with Crippen LogP contribution in [-0.2, 0) is 0 Å². The van der Waals surface area contributed by atoms with E-state index in [4.69, 9.17) is 23.2 Å². The second-order valence-electron chi connectivity index (χ2n) is 3.68. The molecule has 19 heavy (non-hydrogen) atoms. The summed E-state index contributed by atoms with van der Waals surface area (Å²) in [5.41, 5.74) is 0.782. The normalized spacial score (nSPS) is 10.6. The van der Waals surface area contributed by atoms with Gasteiger partial charge in [-0.3, -0.25) is 0 Å². The van der Waals surface area contributed by atoms with Crippen LogP contribution in [0, 0.1) is 0 Å². The van der Waals surface area contributed by atoms with Crippen LogP contribution >= 0.6 is 23.2 Å². The highest BCUT2D eigenvalue weighted by Gasteiger charge is 2.12. The fourth-order valence-electron chi connectivity index (χ4n) is 1.57. The van der Waals surface area contributed by atoms with Crippen LogP contribution in [0.1, 0.15) is 0 Å². The van der Waals surface area contributed by atoms with E-state index >= 15 is 0 Å². The molecule has 0 aliphatic heterocycles. The number of hydrogen-bond acceptors (Lipinski definition) is 4. The van der Waals surface area contributed by atoms with Gasteiger partial charge in [-0.15, -0.1) is 5.10 Å². The van der Waals surface area contributed by atoms with Crippen LogP contribution in [0.15, 0.2) is 42.7 Å². The zero-order valence-electron chi connectivity index (χ0n) is 9.53. The van der Waals surface area contributed by atoms with E-state index in [1.54, 1.807) is 30.6 Å². The van der Waals surface area contributed by atoms with Gasteiger partial charge in [-0.05, 0) is 29.8 Å². The first kappa shape index (κ1) is 12.1. The van der Waals surface area contributed by atoms with E-state index in [0.29, 0.717) is 16.8 Å². The third-order valence-electron chi connectivity index (χ3n) is 2.39. The molecule has 0 aliphatic rings. The average Bonchev–Trinajstić information content (AvgIpc) is 2.82. The molecule has 0 aliphatic carbocycles. The van der Waals surface area contributed by atoms with E-state index in [1.165, 1.54) is 4.68 Å². The van der Waals surface area contributed by atoms with Gasteiger partial charge < -0.3 is 0 Å². The summed E-state index contributed by atoms with van der Waals surface area (Å²) in [7, 11) is 0. The van der Waals surface area contributed by atoms with Gasteiger partial charge in [0.05, 0.1) is 0 Å².